The van der Waals surface area contributed by atoms with Crippen molar-refractivity contribution in [3.8, 4) is 0 Å². The molecule has 1 aliphatic heterocycles. The van der Waals surface area contributed by atoms with E-state index in [0.717, 1.165) is 30.9 Å². The molecule has 2 rings (SSSR count). The molecule has 0 atom stereocenters. The second kappa shape index (κ2) is 10.7. The van der Waals surface area contributed by atoms with Crippen LogP contribution in [0.5, 0.6) is 0 Å². The molecule has 1 saturated heterocycles. The van der Waals surface area contributed by atoms with Crippen molar-refractivity contribution in [3.63, 3.8) is 0 Å². The van der Waals surface area contributed by atoms with Crippen LogP contribution in [0, 0.1) is 17.8 Å². The van der Waals surface area contributed by atoms with Gasteiger partial charge < -0.3 is 9.64 Å². The van der Waals surface area contributed by atoms with E-state index in [1.807, 2.05) is 0 Å². The van der Waals surface area contributed by atoms with Gasteiger partial charge in [-0.05, 0) is 30.6 Å². The van der Waals surface area contributed by atoms with Gasteiger partial charge in [0, 0.05) is 39.3 Å². The highest BCUT2D eigenvalue weighted by Gasteiger charge is 2.29. The van der Waals surface area contributed by atoms with Gasteiger partial charge >= 0.3 is 0 Å². The number of hydrogen-bond donors (Lipinski definition) is 0. The van der Waals surface area contributed by atoms with Crippen LogP contribution in [-0.4, -0.2) is 61.8 Å². The molecular weight excluding hydrogens is 284 g/mol. The Kier molecular flexibility index (Phi) is 9.72. The molecule has 0 radical (unpaired) electrons. The van der Waals surface area contributed by atoms with Gasteiger partial charge in [0.05, 0.1) is 12.7 Å². The largest absolute Gasteiger partial charge is 0.377 e. The fraction of sp³-hybridized carbons (Fsp3) is 1.00. The van der Waals surface area contributed by atoms with E-state index < -0.39 is 0 Å². The number of piperazine rings is 1. The van der Waals surface area contributed by atoms with Crippen molar-refractivity contribution >= 4 is 0 Å². The minimum Gasteiger partial charge on any atom is -0.377 e. The summed E-state index contributed by atoms with van der Waals surface area (Å²) in [5, 5.41) is 0. The van der Waals surface area contributed by atoms with Gasteiger partial charge in [-0.1, -0.05) is 48.0 Å². The van der Waals surface area contributed by atoms with Crippen molar-refractivity contribution < 1.29 is 4.74 Å². The first-order valence-corrected chi connectivity index (χ1v) is 9.59. The van der Waals surface area contributed by atoms with E-state index >= 15 is 0 Å². The summed E-state index contributed by atoms with van der Waals surface area (Å²) in [6, 6.07) is 0. The van der Waals surface area contributed by atoms with Gasteiger partial charge in [-0.3, -0.25) is 4.90 Å². The van der Waals surface area contributed by atoms with Gasteiger partial charge in [0.25, 0.3) is 0 Å². The number of ether oxygens (including phenoxy) is 1. The minimum atomic E-state index is 0. The third kappa shape index (κ3) is 8.00. The summed E-state index contributed by atoms with van der Waals surface area (Å²) in [5.41, 5.74) is 0. The van der Waals surface area contributed by atoms with Crippen molar-refractivity contribution in [2.75, 3.05) is 45.9 Å². The fourth-order valence-electron chi connectivity index (χ4n) is 3.68. The van der Waals surface area contributed by atoms with Gasteiger partial charge in [0.2, 0.25) is 0 Å². The third-order valence-electron chi connectivity index (χ3n) is 5.19. The van der Waals surface area contributed by atoms with Gasteiger partial charge in [-0.15, -0.1) is 0 Å². The Hall–Kier alpha value is -0.120. The van der Waals surface area contributed by atoms with Gasteiger partial charge in [-0.25, -0.2) is 0 Å². The minimum absolute atomic E-state index is 0. The van der Waals surface area contributed by atoms with E-state index in [9.17, 15) is 0 Å². The maximum Gasteiger partial charge on any atom is 0.0597 e. The number of nitrogens with zero attached hydrogens (tertiary/aromatic N) is 2. The first-order chi connectivity index (χ1) is 10.5. The Morgan fingerprint density at radius 1 is 0.913 bits per heavy atom. The van der Waals surface area contributed by atoms with E-state index in [-0.39, 0.29) is 7.43 Å². The predicted octanol–water partition coefficient (Wildman–Crippen LogP) is 4.13. The van der Waals surface area contributed by atoms with Crippen molar-refractivity contribution in [2.45, 2.75) is 66.9 Å². The lowest BCUT2D eigenvalue weighted by Crippen LogP contribution is -2.48. The molecular formula is C20H42N2O. The quantitative estimate of drug-likeness (QED) is 0.634. The molecule has 0 amide bonds. The molecule has 3 nitrogen and oxygen atoms in total. The summed E-state index contributed by atoms with van der Waals surface area (Å²) in [5.74, 6) is 2.60. The van der Waals surface area contributed by atoms with Crippen LogP contribution in [0.4, 0.5) is 0 Å². The number of hydrogen-bond acceptors (Lipinski definition) is 3. The SMILES string of the molecule is C.CC(C)CCC1CC(OCCN2CCN(CC(C)C)CC2)C1. The summed E-state index contributed by atoms with van der Waals surface area (Å²) < 4.78 is 6.05. The van der Waals surface area contributed by atoms with Crippen molar-refractivity contribution in [2.24, 2.45) is 17.8 Å². The van der Waals surface area contributed by atoms with Crippen LogP contribution < -0.4 is 0 Å². The highest BCUT2D eigenvalue weighted by Crippen LogP contribution is 2.34. The highest BCUT2D eigenvalue weighted by atomic mass is 16.5. The van der Waals surface area contributed by atoms with Gasteiger partial charge in [-0.2, -0.15) is 0 Å². The first-order valence-electron chi connectivity index (χ1n) is 9.59. The standard InChI is InChI=1S/C19H38N2O.CH4/c1-16(2)5-6-18-13-19(14-18)22-12-11-20-7-9-21(10-8-20)15-17(3)4;/h16-19H,5-15H2,1-4H3;1H4. The molecule has 1 saturated carbocycles. The summed E-state index contributed by atoms with van der Waals surface area (Å²) >= 11 is 0. The zero-order chi connectivity index (χ0) is 15.9. The first kappa shape index (κ1) is 20.9. The van der Waals surface area contributed by atoms with E-state index in [2.05, 4.69) is 37.5 Å². The zero-order valence-electron chi connectivity index (χ0n) is 15.4. The average molecular weight is 327 g/mol. The van der Waals surface area contributed by atoms with Gasteiger partial charge in [0.15, 0.2) is 0 Å². The van der Waals surface area contributed by atoms with Crippen molar-refractivity contribution in [3.05, 3.63) is 0 Å². The van der Waals surface area contributed by atoms with E-state index in [1.54, 1.807) is 0 Å². The normalized spacial score (nSPS) is 26.3. The average Bonchev–Trinajstić information content (AvgIpc) is 2.41. The Balaban J connectivity index is 0.00000264. The predicted molar refractivity (Wildman–Crippen MR) is 101 cm³/mol. The highest BCUT2D eigenvalue weighted by molar-refractivity contribution is 4.81. The molecule has 0 aromatic rings. The Labute approximate surface area is 145 Å². The molecule has 1 heterocycles. The lowest BCUT2D eigenvalue weighted by atomic mass is 9.78. The summed E-state index contributed by atoms with van der Waals surface area (Å²) in [4.78, 5) is 5.18. The molecule has 2 aliphatic rings. The van der Waals surface area contributed by atoms with Crippen LogP contribution in [0.3, 0.4) is 0 Å². The second-order valence-electron chi connectivity index (χ2n) is 8.34. The topological polar surface area (TPSA) is 15.7 Å². The van der Waals surface area contributed by atoms with Crippen molar-refractivity contribution in [1.29, 1.82) is 0 Å². The van der Waals surface area contributed by atoms with E-state index in [4.69, 9.17) is 4.74 Å². The lowest BCUT2D eigenvalue weighted by molar-refractivity contribution is -0.0430. The molecule has 1 aliphatic carbocycles. The Morgan fingerprint density at radius 2 is 1.52 bits per heavy atom. The third-order valence-corrected chi connectivity index (χ3v) is 5.19. The smallest absolute Gasteiger partial charge is 0.0597 e. The van der Waals surface area contributed by atoms with Gasteiger partial charge in [0.1, 0.15) is 0 Å². The molecule has 0 aromatic heterocycles. The summed E-state index contributed by atoms with van der Waals surface area (Å²) in [6.45, 7) is 17.5. The lowest BCUT2D eigenvalue weighted by Gasteiger charge is -2.38. The zero-order valence-corrected chi connectivity index (χ0v) is 15.4. The van der Waals surface area contributed by atoms with Crippen LogP contribution in [0.25, 0.3) is 0 Å². The fourth-order valence-corrected chi connectivity index (χ4v) is 3.68. The summed E-state index contributed by atoms with van der Waals surface area (Å²) in [7, 11) is 0. The Bertz CT molecular complexity index is 292. The molecule has 23 heavy (non-hydrogen) atoms. The molecule has 0 N–H and O–H groups in total. The molecule has 0 spiro atoms. The van der Waals surface area contributed by atoms with E-state index in [1.165, 1.54) is 58.4 Å². The second-order valence-corrected chi connectivity index (χ2v) is 8.34. The molecule has 0 bridgehead atoms. The van der Waals surface area contributed by atoms with Crippen LogP contribution in [0.1, 0.15) is 60.8 Å². The van der Waals surface area contributed by atoms with Crippen LogP contribution >= 0.6 is 0 Å². The monoisotopic (exact) mass is 326 g/mol. The molecule has 138 valence electrons. The number of rotatable bonds is 9. The van der Waals surface area contributed by atoms with Crippen molar-refractivity contribution in [1.82, 2.24) is 9.80 Å². The summed E-state index contributed by atoms with van der Waals surface area (Å²) in [6.07, 6.45) is 6.00. The maximum absolute atomic E-state index is 6.05. The maximum atomic E-state index is 6.05. The van der Waals surface area contributed by atoms with Crippen LogP contribution in [0.2, 0.25) is 0 Å². The van der Waals surface area contributed by atoms with Crippen LogP contribution in [-0.2, 0) is 4.74 Å². The molecule has 0 unspecified atom stereocenters. The molecule has 0 aromatic carbocycles. The van der Waals surface area contributed by atoms with E-state index in [0.29, 0.717) is 6.10 Å². The Morgan fingerprint density at radius 3 is 2.09 bits per heavy atom. The van der Waals surface area contributed by atoms with Crippen LogP contribution in [0.15, 0.2) is 0 Å². The molecule has 2 fully saturated rings. The molecule has 3 heteroatoms.